The normalized spacial score (nSPS) is 27.5. The second kappa shape index (κ2) is 4.47. The zero-order valence-electron chi connectivity index (χ0n) is 9.63. The van der Waals surface area contributed by atoms with Gasteiger partial charge in [-0.05, 0) is 24.9 Å². The number of amides is 1. The second-order valence-electron chi connectivity index (χ2n) is 4.61. The molecule has 1 unspecified atom stereocenters. The SMILES string of the molecule is O=C1C2C[C@@H](CCN2)N1OCc1ccccc1. The Morgan fingerprint density at radius 2 is 2.18 bits per heavy atom. The number of hydrogen-bond donors (Lipinski definition) is 1. The van der Waals surface area contributed by atoms with Crippen molar-refractivity contribution in [3.05, 3.63) is 35.9 Å². The number of carbonyl (C=O) groups excluding carboxylic acids is 1. The smallest absolute Gasteiger partial charge is 0.263 e. The van der Waals surface area contributed by atoms with E-state index in [0.29, 0.717) is 6.61 Å². The van der Waals surface area contributed by atoms with E-state index in [1.807, 2.05) is 30.3 Å². The fourth-order valence-corrected chi connectivity index (χ4v) is 2.52. The van der Waals surface area contributed by atoms with Crippen LogP contribution in [0.15, 0.2) is 30.3 Å². The summed E-state index contributed by atoms with van der Waals surface area (Å²) >= 11 is 0. The number of hydrogen-bond acceptors (Lipinski definition) is 3. The van der Waals surface area contributed by atoms with Gasteiger partial charge < -0.3 is 5.32 Å². The van der Waals surface area contributed by atoms with Crippen LogP contribution in [-0.4, -0.2) is 29.6 Å². The molecule has 1 aromatic carbocycles. The highest BCUT2D eigenvalue weighted by molar-refractivity contribution is 5.83. The molecule has 3 rings (SSSR count). The summed E-state index contributed by atoms with van der Waals surface area (Å²) < 4.78 is 0. The average molecular weight is 232 g/mol. The summed E-state index contributed by atoms with van der Waals surface area (Å²) in [6.07, 6.45) is 1.87. The topological polar surface area (TPSA) is 41.6 Å². The van der Waals surface area contributed by atoms with Gasteiger partial charge in [0.2, 0.25) is 0 Å². The molecule has 0 spiro atoms. The van der Waals surface area contributed by atoms with Gasteiger partial charge in [0.25, 0.3) is 5.91 Å². The van der Waals surface area contributed by atoms with Crippen molar-refractivity contribution in [3.63, 3.8) is 0 Å². The van der Waals surface area contributed by atoms with E-state index in [-0.39, 0.29) is 18.0 Å². The molecule has 1 amide bonds. The molecule has 0 saturated carbocycles. The summed E-state index contributed by atoms with van der Waals surface area (Å²) in [5, 5.41) is 4.80. The van der Waals surface area contributed by atoms with Crippen LogP contribution in [0.1, 0.15) is 18.4 Å². The highest BCUT2D eigenvalue weighted by atomic mass is 16.7. The standard InChI is InChI=1S/C13H16N2O2/c16-13-12-8-11(6-7-14-12)15(13)17-9-10-4-2-1-3-5-10/h1-5,11-12,14H,6-9H2/t11-,12?/m1/s1. The maximum absolute atomic E-state index is 11.9. The van der Waals surface area contributed by atoms with Crippen molar-refractivity contribution in [1.29, 1.82) is 0 Å². The summed E-state index contributed by atoms with van der Waals surface area (Å²) in [6.45, 7) is 1.38. The Morgan fingerprint density at radius 3 is 2.94 bits per heavy atom. The summed E-state index contributed by atoms with van der Waals surface area (Å²) in [5.41, 5.74) is 1.09. The average Bonchev–Trinajstić information content (AvgIpc) is 2.60. The predicted octanol–water partition coefficient (Wildman–Crippen LogP) is 1.08. The van der Waals surface area contributed by atoms with Gasteiger partial charge >= 0.3 is 0 Å². The van der Waals surface area contributed by atoms with Crippen LogP contribution in [0.5, 0.6) is 0 Å². The van der Waals surface area contributed by atoms with Gasteiger partial charge in [-0.2, -0.15) is 0 Å². The Kier molecular flexibility index (Phi) is 2.82. The minimum atomic E-state index is -0.0236. The summed E-state index contributed by atoms with van der Waals surface area (Å²) in [6, 6.07) is 10.2. The third-order valence-corrected chi connectivity index (χ3v) is 3.44. The lowest BCUT2D eigenvalue weighted by Gasteiger charge is -2.23. The van der Waals surface area contributed by atoms with E-state index in [1.165, 1.54) is 0 Å². The fraction of sp³-hybridized carbons (Fsp3) is 0.462. The van der Waals surface area contributed by atoms with Crippen LogP contribution in [0.3, 0.4) is 0 Å². The van der Waals surface area contributed by atoms with Crippen molar-refractivity contribution in [3.8, 4) is 0 Å². The number of carbonyl (C=O) groups is 1. The minimum absolute atomic E-state index is 0.0236. The molecule has 4 heteroatoms. The van der Waals surface area contributed by atoms with E-state index >= 15 is 0 Å². The maximum Gasteiger partial charge on any atom is 0.263 e. The highest BCUT2D eigenvalue weighted by Crippen LogP contribution is 2.26. The van der Waals surface area contributed by atoms with Crippen molar-refractivity contribution in [1.82, 2.24) is 10.4 Å². The predicted molar refractivity (Wildman–Crippen MR) is 62.9 cm³/mol. The number of nitrogens with one attached hydrogen (secondary N) is 1. The number of benzene rings is 1. The first kappa shape index (κ1) is 10.7. The molecular weight excluding hydrogens is 216 g/mol. The first-order valence-electron chi connectivity index (χ1n) is 6.08. The van der Waals surface area contributed by atoms with Crippen LogP contribution in [0, 0.1) is 0 Å². The highest BCUT2D eigenvalue weighted by Gasteiger charge is 2.42. The van der Waals surface area contributed by atoms with Gasteiger partial charge in [-0.15, -0.1) is 0 Å². The molecule has 0 aromatic heterocycles. The van der Waals surface area contributed by atoms with Crippen LogP contribution in [0.25, 0.3) is 0 Å². The maximum atomic E-state index is 11.9. The molecule has 1 aromatic rings. The zero-order valence-corrected chi connectivity index (χ0v) is 9.63. The molecule has 2 saturated heterocycles. The molecule has 1 N–H and O–H groups in total. The molecule has 4 nitrogen and oxygen atoms in total. The van der Waals surface area contributed by atoms with Gasteiger partial charge in [0, 0.05) is 0 Å². The third kappa shape index (κ3) is 2.06. The van der Waals surface area contributed by atoms with Crippen LogP contribution in [0.2, 0.25) is 0 Å². The molecule has 0 radical (unpaired) electrons. The molecule has 2 fully saturated rings. The quantitative estimate of drug-likeness (QED) is 0.848. The Labute approximate surface area is 101 Å². The number of nitrogens with zero attached hydrogens (tertiary/aromatic N) is 1. The van der Waals surface area contributed by atoms with Gasteiger partial charge in [0.1, 0.15) is 6.61 Å². The molecule has 2 bridgehead atoms. The first-order valence-corrected chi connectivity index (χ1v) is 6.08. The number of fused-ring (bicyclic) bond motifs is 2. The fourth-order valence-electron chi connectivity index (χ4n) is 2.52. The Hall–Kier alpha value is -1.39. The number of piperidine rings is 1. The van der Waals surface area contributed by atoms with Crippen molar-refractivity contribution in [2.45, 2.75) is 31.5 Å². The van der Waals surface area contributed by atoms with Gasteiger partial charge in [0.15, 0.2) is 0 Å². The summed E-state index contributed by atoms with van der Waals surface area (Å²) in [7, 11) is 0. The minimum Gasteiger partial charge on any atom is -0.306 e. The lowest BCUT2D eigenvalue weighted by Crippen LogP contribution is -2.37. The van der Waals surface area contributed by atoms with Gasteiger partial charge in [0.05, 0.1) is 12.1 Å². The third-order valence-electron chi connectivity index (χ3n) is 3.44. The number of hydroxylamine groups is 2. The van der Waals surface area contributed by atoms with Crippen LogP contribution >= 0.6 is 0 Å². The van der Waals surface area contributed by atoms with Crippen molar-refractivity contribution in [2.24, 2.45) is 0 Å². The Bertz CT molecular complexity index is 407. The summed E-state index contributed by atoms with van der Waals surface area (Å²) in [4.78, 5) is 17.6. The van der Waals surface area contributed by atoms with Gasteiger partial charge in [-0.1, -0.05) is 30.3 Å². The van der Waals surface area contributed by atoms with E-state index < -0.39 is 0 Å². The van der Waals surface area contributed by atoms with Crippen molar-refractivity contribution < 1.29 is 9.63 Å². The van der Waals surface area contributed by atoms with E-state index in [9.17, 15) is 4.79 Å². The van der Waals surface area contributed by atoms with Gasteiger partial charge in [-0.3, -0.25) is 9.63 Å². The van der Waals surface area contributed by atoms with Crippen molar-refractivity contribution >= 4 is 5.91 Å². The van der Waals surface area contributed by atoms with E-state index in [1.54, 1.807) is 5.06 Å². The molecule has 2 atom stereocenters. The Balaban J connectivity index is 1.64. The first-order chi connectivity index (χ1) is 8.34. The lowest BCUT2D eigenvalue weighted by atomic mass is 10.1. The zero-order chi connectivity index (χ0) is 11.7. The van der Waals surface area contributed by atoms with Crippen LogP contribution in [0.4, 0.5) is 0 Å². The molecule has 17 heavy (non-hydrogen) atoms. The van der Waals surface area contributed by atoms with E-state index in [4.69, 9.17) is 4.84 Å². The lowest BCUT2D eigenvalue weighted by molar-refractivity contribution is -0.194. The van der Waals surface area contributed by atoms with Crippen molar-refractivity contribution in [2.75, 3.05) is 6.54 Å². The largest absolute Gasteiger partial charge is 0.306 e. The molecule has 0 aliphatic carbocycles. The molecular formula is C13H16N2O2. The number of rotatable bonds is 3. The van der Waals surface area contributed by atoms with Crippen LogP contribution < -0.4 is 5.32 Å². The second-order valence-corrected chi connectivity index (χ2v) is 4.61. The summed E-state index contributed by atoms with van der Waals surface area (Å²) in [5.74, 6) is 0.0865. The Morgan fingerprint density at radius 1 is 1.35 bits per heavy atom. The monoisotopic (exact) mass is 232 g/mol. The molecule has 2 aliphatic heterocycles. The molecule has 2 aliphatic rings. The molecule has 90 valence electrons. The van der Waals surface area contributed by atoms with Crippen LogP contribution in [-0.2, 0) is 16.2 Å². The molecule has 2 heterocycles. The van der Waals surface area contributed by atoms with Gasteiger partial charge in [-0.25, -0.2) is 5.06 Å². The van der Waals surface area contributed by atoms with E-state index in [0.717, 1.165) is 24.9 Å². The van der Waals surface area contributed by atoms with E-state index in [2.05, 4.69) is 5.32 Å².